The largest absolute Gasteiger partial charge is 0.315 e. The lowest BCUT2D eigenvalue weighted by molar-refractivity contribution is 0.322. The van der Waals surface area contributed by atoms with Crippen LogP contribution in [-0.2, 0) is 0 Å². The van der Waals surface area contributed by atoms with Gasteiger partial charge in [-0.2, -0.15) is 5.26 Å². The van der Waals surface area contributed by atoms with Gasteiger partial charge in [-0.15, -0.1) is 11.8 Å². The maximum Gasteiger partial charge on any atom is 0.0621 e. The van der Waals surface area contributed by atoms with E-state index in [1.165, 1.54) is 4.90 Å². The van der Waals surface area contributed by atoms with Gasteiger partial charge in [0.1, 0.15) is 0 Å². The van der Waals surface area contributed by atoms with Gasteiger partial charge in [-0.25, -0.2) is 0 Å². The number of benzene rings is 1. The topological polar surface area (TPSA) is 35.8 Å². The van der Waals surface area contributed by atoms with Crippen LogP contribution in [-0.4, -0.2) is 18.8 Å². The summed E-state index contributed by atoms with van der Waals surface area (Å²) in [5, 5.41) is 12.1. The first-order valence-electron chi connectivity index (χ1n) is 6.39. The van der Waals surface area contributed by atoms with Gasteiger partial charge < -0.3 is 5.32 Å². The minimum Gasteiger partial charge on any atom is -0.315 e. The Labute approximate surface area is 115 Å². The molecule has 0 aromatic heterocycles. The second kappa shape index (κ2) is 8.18. The molecule has 0 saturated carbocycles. The summed E-state index contributed by atoms with van der Waals surface area (Å²) in [6, 6.07) is 12.7. The Hall–Kier alpha value is -0.980. The second-order valence-electron chi connectivity index (χ2n) is 5.16. The fraction of sp³-hybridized carbons (Fsp3) is 0.533. The minimum atomic E-state index is 0.215. The minimum absolute atomic E-state index is 0.215. The number of nitrogens with zero attached hydrogens (tertiary/aromatic N) is 1. The zero-order valence-corrected chi connectivity index (χ0v) is 12.1. The van der Waals surface area contributed by atoms with Crippen molar-refractivity contribution in [1.29, 1.82) is 5.26 Å². The van der Waals surface area contributed by atoms with Gasteiger partial charge >= 0.3 is 0 Å². The van der Waals surface area contributed by atoms with E-state index in [2.05, 4.69) is 49.5 Å². The van der Waals surface area contributed by atoms with Crippen LogP contribution in [0.2, 0.25) is 0 Å². The molecule has 0 aliphatic heterocycles. The van der Waals surface area contributed by atoms with Crippen LogP contribution in [0.25, 0.3) is 0 Å². The van der Waals surface area contributed by atoms with E-state index in [1.807, 2.05) is 17.8 Å². The number of thioether (sulfide) groups is 1. The third-order valence-electron chi connectivity index (χ3n) is 2.81. The van der Waals surface area contributed by atoms with E-state index in [9.17, 15) is 0 Å². The van der Waals surface area contributed by atoms with Crippen LogP contribution in [0, 0.1) is 16.7 Å². The van der Waals surface area contributed by atoms with E-state index in [1.54, 1.807) is 0 Å². The lowest BCUT2D eigenvalue weighted by Gasteiger charge is -2.23. The van der Waals surface area contributed by atoms with Crippen molar-refractivity contribution in [3.05, 3.63) is 30.3 Å². The van der Waals surface area contributed by atoms with Crippen molar-refractivity contribution in [3.8, 4) is 6.07 Å². The average Bonchev–Trinajstić information content (AvgIpc) is 2.37. The molecule has 1 N–H and O–H groups in total. The molecule has 0 aliphatic carbocycles. The quantitative estimate of drug-likeness (QED) is 0.573. The lowest BCUT2D eigenvalue weighted by Crippen LogP contribution is -2.30. The molecule has 98 valence electrons. The van der Waals surface area contributed by atoms with E-state index in [0.717, 1.165) is 25.3 Å². The third kappa shape index (κ3) is 6.68. The van der Waals surface area contributed by atoms with Crippen LogP contribution in [0.3, 0.4) is 0 Å². The molecule has 0 spiro atoms. The molecule has 1 aromatic carbocycles. The van der Waals surface area contributed by atoms with Crippen molar-refractivity contribution >= 4 is 11.8 Å². The van der Waals surface area contributed by atoms with Crippen LogP contribution in [0.5, 0.6) is 0 Å². The number of nitrogens with one attached hydrogen (secondary N) is 1. The summed E-state index contributed by atoms with van der Waals surface area (Å²) in [7, 11) is 0. The predicted molar refractivity (Wildman–Crippen MR) is 78.7 cm³/mol. The second-order valence-corrected chi connectivity index (χ2v) is 6.33. The Balaban J connectivity index is 2.10. The molecule has 1 rings (SSSR count). The molecule has 0 fully saturated rings. The van der Waals surface area contributed by atoms with Crippen molar-refractivity contribution in [3.63, 3.8) is 0 Å². The molecule has 0 atom stereocenters. The standard InChI is InChI=1S/C15H22N2S/c1-15(2,9-6-10-16)13-17-11-12-18-14-7-4-3-5-8-14/h3-5,7-8,17H,6,9,11-13H2,1-2H3. The van der Waals surface area contributed by atoms with Gasteiger partial charge in [-0.05, 0) is 24.0 Å². The van der Waals surface area contributed by atoms with Crippen molar-refractivity contribution in [2.75, 3.05) is 18.8 Å². The normalized spacial score (nSPS) is 11.2. The summed E-state index contributed by atoms with van der Waals surface area (Å²) in [5.41, 5.74) is 0.215. The van der Waals surface area contributed by atoms with Crippen LogP contribution in [0.15, 0.2) is 35.2 Å². The Morgan fingerprint density at radius 2 is 2.00 bits per heavy atom. The third-order valence-corrected chi connectivity index (χ3v) is 3.82. The average molecular weight is 262 g/mol. The molecule has 0 amide bonds. The molecular weight excluding hydrogens is 240 g/mol. The lowest BCUT2D eigenvalue weighted by atomic mass is 9.88. The van der Waals surface area contributed by atoms with E-state index < -0.39 is 0 Å². The number of rotatable bonds is 8. The van der Waals surface area contributed by atoms with Gasteiger partial charge in [0, 0.05) is 30.2 Å². The summed E-state index contributed by atoms with van der Waals surface area (Å²) >= 11 is 1.87. The first-order valence-corrected chi connectivity index (χ1v) is 7.38. The molecular formula is C15H22N2S. The highest BCUT2D eigenvalue weighted by Crippen LogP contribution is 2.21. The van der Waals surface area contributed by atoms with E-state index in [0.29, 0.717) is 6.42 Å². The van der Waals surface area contributed by atoms with Gasteiger partial charge in [-0.1, -0.05) is 32.0 Å². The molecule has 0 unspecified atom stereocenters. The van der Waals surface area contributed by atoms with Crippen molar-refractivity contribution < 1.29 is 0 Å². The first kappa shape index (κ1) is 15.1. The molecule has 2 nitrogen and oxygen atoms in total. The molecule has 18 heavy (non-hydrogen) atoms. The predicted octanol–water partition coefficient (Wildman–Crippen LogP) is 3.70. The van der Waals surface area contributed by atoms with E-state index >= 15 is 0 Å². The summed E-state index contributed by atoms with van der Waals surface area (Å²) in [4.78, 5) is 1.32. The van der Waals surface area contributed by atoms with Crippen LogP contribution < -0.4 is 5.32 Å². The molecule has 3 heteroatoms. The fourth-order valence-electron chi connectivity index (χ4n) is 1.67. The Morgan fingerprint density at radius 3 is 2.67 bits per heavy atom. The highest BCUT2D eigenvalue weighted by Gasteiger charge is 2.16. The summed E-state index contributed by atoms with van der Waals surface area (Å²) in [6.07, 6.45) is 1.61. The number of hydrogen-bond donors (Lipinski definition) is 1. The van der Waals surface area contributed by atoms with Gasteiger partial charge in [-0.3, -0.25) is 0 Å². The molecule has 1 aromatic rings. The summed E-state index contributed by atoms with van der Waals surface area (Å²) in [6.45, 7) is 6.41. The molecule has 0 radical (unpaired) electrons. The molecule has 0 heterocycles. The maximum absolute atomic E-state index is 8.59. The molecule has 0 aliphatic rings. The molecule has 0 bridgehead atoms. The van der Waals surface area contributed by atoms with Crippen LogP contribution in [0.1, 0.15) is 26.7 Å². The van der Waals surface area contributed by atoms with Crippen molar-refractivity contribution in [2.24, 2.45) is 5.41 Å². The van der Waals surface area contributed by atoms with Gasteiger partial charge in [0.15, 0.2) is 0 Å². The van der Waals surface area contributed by atoms with Crippen LogP contribution >= 0.6 is 11.8 Å². The van der Waals surface area contributed by atoms with Gasteiger partial charge in [0.25, 0.3) is 0 Å². The summed E-state index contributed by atoms with van der Waals surface area (Å²) < 4.78 is 0. The summed E-state index contributed by atoms with van der Waals surface area (Å²) in [5.74, 6) is 1.08. The van der Waals surface area contributed by atoms with Gasteiger partial charge in [0.05, 0.1) is 6.07 Å². The Kier molecular flexibility index (Phi) is 6.85. The Bertz CT molecular complexity index is 368. The highest BCUT2D eigenvalue weighted by atomic mass is 32.2. The highest BCUT2D eigenvalue weighted by molar-refractivity contribution is 7.99. The first-order chi connectivity index (χ1) is 8.64. The zero-order valence-electron chi connectivity index (χ0n) is 11.3. The monoisotopic (exact) mass is 262 g/mol. The van der Waals surface area contributed by atoms with E-state index in [-0.39, 0.29) is 5.41 Å². The van der Waals surface area contributed by atoms with E-state index in [4.69, 9.17) is 5.26 Å². The zero-order chi connectivity index (χ0) is 13.3. The van der Waals surface area contributed by atoms with Crippen LogP contribution in [0.4, 0.5) is 0 Å². The fourth-order valence-corrected chi connectivity index (χ4v) is 2.50. The maximum atomic E-state index is 8.59. The van der Waals surface area contributed by atoms with Crippen molar-refractivity contribution in [2.45, 2.75) is 31.6 Å². The molecule has 0 saturated heterocycles. The SMILES string of the molecule is CC(C)(CCC#N)CNCCSc1ccccc1. The number of hydrogen-bond acceptors (Lipinski definition) is 3. The van der Waals surface area contributed by atoms with Gasteiger partial charge in [0.2, 0.25) is 0 Å². The number of nitriles is 1. The van der Waals surface area contributed by atoms with Crippen molar-refractivity contribution in [1.82, 2.24) is 5.32 Å². The smallest absolute Gasteiger partial charge is 0.0621 e. The Morgan fingerprint density at radius 1 is 1.28 bits per heavy atom.